The molecule has 1 aromatic carbocycles. The largest absolute Gasteiger partial charge is 0.481 e. The molecular weight excluding hydrogens is 254 g/mol. The standard InChI is InChI=1S/C16H21NO3/c1-5-10-20-14-9-7-6-8-13(14)11-17-15(12(2)3)16(18)19-4/h1,6-9,12,15,17H,10-11H2,2-4H3/t15-/m0/s1. The lowest BCUT2D eigenvalue weighted by molar-refractivity contribution is -0.144. The fourth-order valence-corrected chi connectivity index (χ4v) is 1.85. The number of hydrogen-bond acceptors (Lipinski definition) is 4. The van der Waals surface area contributed by atoms with Gasteiger partial charge < -0.3 is 9.47 Å². The second-order valence-corrected chi connectivity index (χ2v) is 4.73. The molecule has 108 valence electrons. The third-order valence-corrected chi connectivity index (χ3v) is 2.92. The molecule has 0 aliphatic carbocycles. The summed E-state index contributed by atoms with van der Waals surface area (Å²) in [6.07, 6.45) is 5.19. The Labute approximate surface area is 120 Å². The van der Waals surface area contributed by atoms with Crippen LogP contribution < -0.4 is 10.1 Å². The maximum Gasteiger partial charge on any atom is 0.323 e. The van der Waals surface area contributed by atoms with E-state index in [4.69, 9.17) is 15.9 Å². The number of rotatable bonds is 7. The predicted molar refractivity (Wildman–Crippen MR) is 78.3 cm³/mol. The highest BCUT2D eigenvalue weighted by Crippen LogP contribution is 2.18. The molecule has 1 atom stereocenters. The Bertz CT molecular complexity index is 477. The van der Waals surface area contributed by atoms with Crippen molar-refractivity contribution in [2.24, 2.45) is 5.92 Å². The molecule has 0 radical (unpaired) electrons. The summed E-state index contributed by atoms with van der Waals surface area (Å²) in [4.78, 5) is 11.7. The maximum absolute atomic E-state index is 11.7. The van der Waals surface area contributed by atoms with Gasteiger partial charge in [-0.1, -0.05) is 38.0 Å². The van der Waals surface area contributed by atoms with Crippen molar-refractivity contribution in [1.29, 1.82) is 0 Å². The maximum atomic E-state index is 11.7. The van der Waals surface area contributed by atoms with Crippen molar-refractivity contribution in [2.45, 2.75) is 26.4 Å². The molecule has 0 saturated carbocycles. The van der Waals surface area contributed by atoms with Crippen molar-refractivity contribution >= 4 is 5.97 Å². The van der Waals surface area contributed by atoms with E-state index in [1.165, 1.54) is 7.11 Å². The molecule has 0 heterocycles. The smallest absolute Gasteiger partial charge is 0.323 e. The van der Waals surface area contributed by atoms with E-state index in [1.54, 1.807) is 0 Å². The van der Waals surface area contributed by atoms with E-state index < -0.39 is 0 Å². The minimum absolute atomic E-state index is 0.140. The Morgan fingerprint density at radius 3 is 2.70 bits per heavy atom. The number of hydrogen-bond donors (Lipinski definition) is 1. The van der Waals surface area contributed by atoms with Gasteiger partial charge in [0.1, 0.15) is 18.4 Å². The quantitative estimate of drug-likeness (QED) is 0.610. The van der Waals surface area contributed by atoms with Gasteiger partial charge >= 0.3 is 5.97 Å². The van der Waals surface area contributed by atoms with Gasteiger partial charge in [0.05, 0.1) is 7.11 Å². The molecule has 4 heteroatoms. The van der Waals surface area contributed by atoms with Crippen molar-refractivity contribution in [2.75, 3.05) is 13.7 Å². The van der Waals surface area contributed by atoms with Gasteiger partial charge in [-0.25, -0.2) is 0 Å². The number of para-hydroxylation sites is 1. The first-order chi connectivity index (χ1) is 9.60. The number of methoxy groups -OCH3 is 1. The summed E-state index contributed by atoms with van der Waals surface area (Å²) in [5.74, 6) is 3.04. The SMILES string of the molecule is C#CCOc1ccccc1CN[C@H](C(=O)OC)C(C)C. The highest BCUT2D eigenvalue weighted by Gasteiger charge is 2.22. The van der Waals surface area contributed by atoms with Crippen molar-refractivity contribution in [3.63, 3.8) is 0 Å². The summed E-state index contributed by atoms with van der Waals surface area (Å²) in [5.41, 5.74) is 0.956. The van der Waals surface area contributed by atoms with Crippen molar-refractivity contribution < 1.29 is 14.3 Å². The molecule has 1 aromatic rings. The molecule has 0 saturated heterocycles. The normalized spacial score (nSPS) is 11.8. The van der Waals surface area contributed by atoms with E-state index >= 15 is 0 Å². The van der Waals surface area contributed by atoms with Gasteiger partial charge in [-0.3, -0.25) is 10.1 Å². The van der Waals surface area contributed by atoms with Gasteiger partial charge in [0.2, 0.25) is 0 Å². The molecule has 0 bridgehead atoms. The van der Waals surface area contributed by atoms with Crippen LogP contribution in [0.15, 0.2) is 24.3 Å². The number of benzene rings is 1. The highest BCUT2D eigenvalue weighted by molar-refractivity contribution is 5.75. The molecule has 0 fully saturated rings. The van der Waals surface area contributed by atoms with E-state index in [1.807, 2.05) is 38.1 Å². The second-order valence-electron chi connectivity index (χ2n) is 4.73. The minimum Gasteiger partial charge on any atom is -0.481 e. The molecule has 0 spiro atoms. The number of carbonyl (C=O) groups excluding carboxylic acids is 1. The second kappa shape index (κ2) is 8.23. The first-order valence-electron chi connectivity index (χ1n) is 6.55. The van der Waals surface area contributed by atoms with Gasteiger partial charge in [-0.2, -0.15) is 0 Å². The first kappa shape index (κ1) is 16.1. The zero-order valence-electron chi connectivity index (χ0n) is 12.2. The Morgan fingerprint density at radius 1 is 1.40 bits per heavy atom. The number of terminal acetylenes is 1. The Hall–Kier alpha value is -1.99. The molecule has 0 aliphatic heterocycles. The third kappa shape index (κ3) is 4.60. The van der Waals surface area contributed by atoms with E-state index in [2.05, 4.69) is 11.2 Å². The number of esters is 1. The molecule has 1 rings (SSSR count). The molecule has 4 nitrogen and oxygen atoms in total. The van der Waals surface area contributed by atoms with Crippen LogP contribution >= 0.6 is 0 Å². The average Bonchev–Trinajstić information content (AvgIpc) is 2.45. The number of ether oxygens (including phenoxy) is 2. The zero-order valence-corrected chi connectivity index (χ0v) is 12.2. The van der Waals surface area contributed by atoms with Gasteiger partial charge in [-0.05, 0) is 12.0 Å². The predicted octanol–water partition coefficient (Wildman–Crippen LogP) is 1.99. The van der Waals surface area contributed by atoms with Crippen LogP contribution in [0, 0.1) is 18.3 Å². The Morgan fingerprint density at radius 2 is 2.10 bits per heavy atom. The van der Waals surface area contributed by atoms with E-state index in [0.717, 1.165) is 11.3 Å². The molecule has 20 heavy (non-hydrogen) atoms. The summed E-state index contributed by atoms with van der Waals surface area (Å²) in [6, 6.07) is 7.25. The molecule has 0 unspecified atom stereocenters. The van der Waals surface area contributed by atoms with Crippen molar-refractivity contribution in [1.82, 2.24) is 5.32 Å². The van der Waals surface area contributed by atoms with Crippen LogP contribution in [0.2, 0.25) is 0 Å². The minimum atomic E-state index is -0.347. The van der Waals surface area contributed by atoms with Gasteiger partial charge in [0.25, 0.3) is 0 Å². The summed E-state index contributed by atoms with van der Waals surface area (Å²) < 4.78 is 10.3. The van der Waals surface area contributed by atoms with Crippen molar-refractivity contribution in [3.8, 4) is 18.1 Å². The fourth-order valence-electron chi connectivity index (χ4n) is 1.85. The van der Waals surface area contributed by atoms with Gasteiger partial charge in [0.15, 0.2) is 0 Å². The first-order valence-corrected chi connectivity index (χ1v) is 6.55. The van der Waals surface area contributed by atoms with Crippen LogP contribution in [0.1, 0.15) is 19.4 Å². The van der Waals surface area contributed by atoms with Crippen LogP contribution in [-0.2, 0) is 16.1 Å². The van der Waals surface area contributed by atoms with Crippen LogP contribution in [0.3, 0.4) is 0 Å². The zero-order chi connectivity index (χ0) is 15.0. The fraction of sp³-hybridized carbons (Fsp3) is 0.438. The summed E-state index contributed by atoms with van der Waals surface area (Å²) in [6.45, 7) is 4.67. The number of carbonyl (C=O) groups is 1. The molecule has 0 aliphatic rings. The van der Waals surface area contributed by atoms with Gasteiger partial charge in [-0.15, -0.1) is 6.42 Å². The van der Waals surface area contributed by atoms with Crippen LogP contribution in [-0.4, -0.2) is 25.7 Å². The molecule has 1 N–H and O–H groups in total. The van der Waals surface area contributed by atoms with E-state index in [0.29, 0.717) is 6.54 Å². The number of nitrogens with one attached hydrogen (secondary N) is 1. The lowest BCUT2D eigenvalue weighted by Crippen LogP contribution is -2.41. The monoisotopic (exact) mass is 275 g/mol. The van der Waals surface area contributed by atoms with Crippen LogP contribution in [0.25, 0.3) is 0 Å². The summed E-state index contributed by atoms with van der Waals surface area (Å²) in [7, 11) is 1.39. The third-order valence-electron chi connectivity index (χ3n) is 2.92. The average molecular weight is 275 g/mol. The van der Waals surface area contributed by atoms with E-state index in [9.17, 15) is 4.79 Å². The Kier molecular flexibility index (Phi) is 6.61. The van der Waals surface area contributed by atoms with Gasteiger partial charge in [0, 0.05) is 12.1 Å². The Balaban J connectivity index is 2.73. The molecule has 0 aromatic heterocycles. The summed E-state index contributed by atoms with van der Waals surface area (Å²) >= 11 is 0. The molecule has 0 amide bonds. The van der Waals surface area contributed by atoms with E-state index in [-0.39, 0.29) is 24.5 Å². The lowest BCUT2D eigenvalue weighted by Gasteiger charge is -2.20. The topological polar surface area (TPSA) is 47.6 Å². The lowest BCUT2D eigenvalue weighted by atomic mass is 10.0. The highest BCUT2D eigenvalue weighted by atomic mass is 16.5. The van der Waals surface area contributed by atoms with Crippen molar-refractivity contribution in [3.05, 3.63) is 29.8 Å². The molecular formula is C16H21NO3. The van der Waals surface area contributed by atoms with Crippen LogP contribution in [0.5, 0.6) is 5.75 Å². The summed E-state index contributed by atoms with van der Waals surface area (Å²) in [5, 5.41) is 3.20. The van der Waals surface area contributed by atoms with Crippen LogP contribution in [0.4, 0.5) is 0 Å².